The third kappa shape index (κ3) is 6.55. The number of aromatic nitrogens is 2. The van der Waals surface area contributed by atoms with E-state index in [9.17, 15) is 15.0 Å². The van der Waals surface area contributed by atoms with Crippen molar-refractivity contribution >= 4 is 28.6 Å². The second-order valence-corrected chi connectivity index (χ2v) is 10.8. The molecule has 1 saturated heterocycles. The number of aliphatic carboxylic acids is 1. The highest BCUT2D eigenvalue weighted by Gasteiger charge is 2.37. The van der Waals surface area contributed by atoms with E-state index < -0.39 is 12.1 Å². The predicted octanol–water partition coefficient (Wildman–Crippen LogP) is 5.11. The number of thioether (sulfide) groups is 1. The minimum absolute atomic E-state index is 0.139. The average Bonchev–Trinajstić information content (AvgIpc) is 2.88. The quantitative estimate of drug-likeness (QED) is 0.344. The number of piperidine rings is 1. The Morgan fingerprint density at radius 2 is 2.03 bits per heavy atom. The third-order valence-corrected chi connectivity index (χ3v) is 8.26. The van der Waals surface area contributed by atoms with E-state index in [0.29, 0.717) is 12.8 Å². The summed E-state index contributed by atoms with van der Waals surface area (Å²) in [5.41, 5.74) is 2.29. The second kappa shape index (κ2) is 12.0. The van der Waals surface area contributed by atoms with Crippen molar-refractivity contribution in [3.8, 4) is 5.75 Å². The Morgan fingerprint density at radius 3 is 2.72 bits per heavy atom. The van der Waals surface area contributed by atoms with E-state index in [4.69, 9.17) is 4.74 Å². The van der Waals surface area contributed by atoms with E-state index in [1.54, 1.807) is 25.1 Å². The van der Waals surface area contributed by atoms with Gasteiger partial charge in [-0.3, -0.25) is 9.78 Å². The molecule has 36 heavy (non-hydrogen) atoms. The smallest absolute Gasteiger partial charge is 0.303 e. The van der Waals surface area contributed by atoms with Crippen molar-refractivity contribution in [1.82, 2.24) is 14.9 Å². The number of carbonyl (C=O) groups is 1. The number of hydrogen-bond donors (Lipinski definition) is 2. The van der Waals surface area contributed by atoms with Gasteiger partial charge in [-0.25, -0.2) is 4.98 Å². The zero-order valence-electron chi connectivity index (χ0n) is 21.0. The summed E-state index contributed by atoms with van der Waals surface area (Å²) >= 11 is 1.75. The van der Waals surface area contributed by atoms with E-state index >= 15 is 0 Å². The molecule has 192 valence electrons. The Labute approximate surface area is 216 Å². The molecule has 7 nitrogen and oxygen atoms in total. The lowest BCUT2D eigenvalue weighted by Gasteiger charge is -2.41. The summed E-state index contributed by atoms with van der Waals surface area (Å²) in [6.45, 7) is 4.66. The number of carboxylic acid groups (broad SMARTS) is 1. The van der Waals surface area contributed by atoms with Gasteiger partial charge in [-0.2, -0.15) is 0 Å². The Balaban J connectivity index is 1.39. The molecule has 1 fully saturated rings. The van der Waals surface area contributed by atoms with Crippen LogP contribution in [0.3, 0.4) is 0 Å². The first kappa shape index (κ1) is 26.4. The number of rotatable bonds is 11. The standard InChI is InChI=1S/C28H35N3O4S/c1-20-19-30-23-7-6-21(35-2)17-22(23)27(20)24(32)8-9-28(18-26(33)34)10-13-31(14-11-28)15-16-36-25-5-3-4-12-29-25/h3-7,12,17,19,24,32H,8-11,13-16,18H2,1-2H3,(H,33,34). The fraction of sp³-hybridized carbons (Fsp3) is 0.464. The van der Waals surface area contributed by atoms with Crippen molar-refractivity contribution in [1.29, 1.82) is 0 Å². The maximum Gasteiger partial charge on any atom is 0.303 e. The molecule has 3 heterocycles. The van der Waals surface area contributed by atoms with Crippen molar-refractivity contribution in [2.45, 2.75) is 50.2 Å². The topological polar surface area (TPSA) is 95.8 Å². The van der Waals surface area contributed by atoms with Crippen molar-refractivity contribution in [3.63, 3.8) is 0 Å². The Kier molecular flexibility index (Phi) is 8.82. The molecule has 0 bridgehead atoms. The molecule has 4 rings (SSSR count). The number of aliphatic hydroxyl groups excluding tert-OH is 1. The van der Waals surface area contributed by atoms with Gasteiger partial charge in [0.15, 0.2) is 0 Å². The normalized spacial score (nSPS) is 16.6. The lowest BCUT2D eigenvalue weighted by atomic mass is 9.71. The molecule has 1 aromatic carbocycles. The predicted molar refractivity (Wildman–Crippen MR) is 143 cm³/mol. The summed E-state index contributed by atoms with van der Waals surface area (Å²) < 4.78 is 5.39. The number of likely N-dealkylation sites (tertiary alicyclic amines) is 1. The Morgan fingerprint density at radius 1 is 1.22 bits per heavy atom. The Hall–Kier alpha value is -2.68. The average molecular weight is 510 g/mol. The van der Waals surface area contributed by atoms with Crippen molar-refractivity contribution in [2.24, 2.45) is 5.41 Å². The maximum atomic E-state index is 11.8. The first-order chi connectivity index (χ1) is 17.4. The number of aryl methyl sites for hydroxylation is 1. The van der Waals surface area contributed by atoms with Crippen molar-refractivity contribution in [3.05, 3.63) is 59.9 Å². The van der Waals surface area contributed by atoms with Gasteiger partial charge in [0.25, 0.3) is 0 Å². The van der Waals surface area contributed by atoms with Gasteiger partial charge in [-0.15, -0.1) is 11.8 Å². The molecule has 3 aromatic rings. The molecule has 0 amide bonds. The zero-order valence-corrected chi connectivity index (χ0v) is 21.8. The van der Waals surface area contributed by atoms with Crippen LogP contribution in [0.1, 0.15) is 49.3 Å². The van der Waals surface area contributed by atoms with Gasteiger partial charge in [0, 0.05) is 30.1 Å². The van der Waals surface area contributed by atoms with Gasteiger partial charge in [0.2, 0.25) is 0 Å². The summed E-state index contributed by atoms with van der Waals surface area (Å²) in [7, 11) is 1.62. The van der Waals surface area contributed by atoms with Crippen LogP contribution in [0, 0.1) is 12.3 Å². The summed E-state index contributed by atoms with van der Waals surface area (Å²) in [6.07, 6.45) is 5.88. The zero-order chi connectivity index (χ0) is 25.5. The summed E-state index contributed by atoms with van der Waals surface area (Å²) in [4.78, 5) is 23.1. The number of aliphatic hydroxyl groups is 1. The monoisotopic (exact) mass is 509 g/mol. The number of ether oxygens (including phenoxy) is 1. The van der Waals surface area contributed by atoms with E-state index in [0.717, 1.165) is 71.0 Å². The minimum atomic E-state index is -0.765. The number of carboxylic acids is 1. The summed E-state index contributed by atoms with van der Waals surface area (Å²) in [5, 5.41) is 22.9. The molecule has 1 unspecified atom stereocenters. The van der Waals surface area contributed by atoms with Crippen LogP contribution in [0.5, 0.6) is 5.75 Å². The lowest BCUT2D eigenvalue weighted by molar-refractivity contribution is -0.141. The SMILES string of the molecule is COc1ccc2ncc(C)c(C(O)CCC3(CC(=O)O)CCN(CCSc4ccccn4)CC3)c2c1. The molecular weight excluding hydrogens is 474 g/mol. The van der Waals surface area contributed by atoms with E-state index in [2.05, 4.69) is 14.9 Å². The molecule has 0 saturated carbocycles. The van der Waals surface area contributed by atoms with E-state index in [1.807, 2.05) is 49.5 Å². The fourth-order valence-corrected chi connectivity index (χ4v) is 6.12. The van der Waals surface area contributed by atoms with Crippen LogP contribution >= 0.6 is 11.8 Å². The summed E-state index contributed by atoms with van der Waals surface area (Å²) in [5.74, 6) is 0.915. The molecule has 0 aliphatic carbocycles. The highest BCUT2D eigenvalue weighted by Crippen LogP contribution is 2.42. The van der Waals surface area contributed by atoms with Gasteiger partial charge < -0.3 is 19.8 Å². The molecule has 1 aliphatic rings. The van der Waals surface area contributed by atoms with Crippen LogP contribution in [-0.2, 0) is 4.79 Å². The number of hydrogen-bond acceptors (Lipinski definition) is 7. The van der Waals surface area contributed by atoms with Crippen LogP contribution in [0.4, 0.5) is 0 Å². The van der Waals surface area contributed by atoms with Gasteiger partial charge >= 0.3 is 5.97 Å². The van der Waals surface area contributed by atoms with E-state index in [1.165, 1.54) is 0 Å². The number of benzene rings is 1. The third-order valence-electron chi connectivity index (χ3n) is 7.34. The van der Waals surface area contributed by atoms with Gasteiger partial charge in [0.05, 0.1) is 30.2 Å². The number of fused-ring (bicyclic) bond motifs is 1. The van der Waals surface area contributed by atoms with Crippen molar-refractivity contribution in [2.75, 3.05) is 32.5 Å². The molecule has 2 aromatic heterocycles. The van der Waals surface area contributed by atoms with Gasteiger partial charge in [-0.1, -0.05) is 6.07 Å². The van der Waals surface area contributed by atoms with Crippen LogP contribution in [0.25, 0.3) is 10.9 Å². The van der Waals surface area contributed by atoms with Gasteiger partial charge in [0.1, 0.15) is 5.75 Å². The maximum absolute atomic E-state index is 11.8. The largest absolute Gasteiger partial charge is 0.497 e. The second-order valence-electron chi connectivity index (χ2n) is 9.72. The molecule has 0 spiro atoms. The van der Waals surface area contributed by atoms with Crippen LogP contribution in [0.2, 0.25) is 0 Å². The molecule has 1 atom stereocenters. The first-order valence-corrected chi connectivity index (χ1v) is 13.5. The molecule has 2 N–H and O–H groups in total. The van der Waals surface area contributed by atoms with Crippen molar-refractivity contribution < 1.29 is 19.7 Å². The molecular formula is C28H35N3O4S. The minimum Gasteiger partial charge on any atom is -0.497 e. The first-order valence-electron chi connectivity index (χ1n) is 12.5. The van der Waals surface area contributed by atoms with Gasteiger partial charge in [-0.05, 0) is 92.6 Å². The van der Waals surface area contributed by atoms with Crippen LogP contribution in [-0.4, -0.2) is 63.5 Å². The summed E-state index contributed by atoms with van der Waals surface area (Å²) in [6, 6.07) is 11.6. The Bertz CT molecular complexity index is 1170. The molecule has 1 aliphatic heterocycles. The number of nitrogens with zero attached hydrogens (tertiary/aromatic N) is 3. The molecule has 8 heteroatoms. The lowest BCUT2D eigenvalue weighted by Crippen LogP contribution is -2.42. The van der Waals surface area contributed by atoms with Crippen LogP contribution in [0.15, 0.2) is 53.8 Å². The number of methoxy groups -OCH3 is 1. The highest BCUT2D eigenvalue weighted by atomic mass is 32.2. The van der Waals surface area contributed by atoms with Crippen LogP contribution < -0.4 is 4.74 Å². The number of pyridine rings is 2. The van der Waals surface area contributed by atoms with E-state index in [-0.39, 0.29) is 11.8 Å². The highest BCUT2D eigenvalue weighted by molar-refractivity contribution is 7.99. The molecule has 0 radical (unpaired) electrons. The fourth-order valence-electron chi connectivity index (χ4n) is 5.25.